The normalized spacial score (nSPS) is 10.8. The fourth-order valence-electron chi connectivity index (χ4n) is 2.39. The Hall–Kier alpha value is -1.55. The van der Waals surface area contributed by atoms with E-state index < -0.39 is 0 Å². The van der Waals surface area contributed by atoms with Crippen molar-refractivity contribution in [3.8, 4) is 11.5 Å². The minimum absolute atomic E-state index is 0. The van der Waals surface area contributed by atoms with E-state index in [9.17, 15) is 0 Å². The van der Waals surface area contributed by atoms with Crippen LogP contribution in [0, 0.1) is 13.8 Å². The first-order valence-electron chi connectivity index (χ1n) is 7.66. The van der Waals surface area contributed by atoms with E-state index in [0.29, 0.717) is 13.1 Å². The van der Waals surface area contributed by atoms with Crippen LogP contribution in [0.15, 0.2) is 23.2 Å². The molecule has 6 nitrogen and oxygen atoms in total. The lowest BCUT2D eigenvalue weighted by Gasteiger charge is -2.15. The molecule has 138 valence electrons. The zero-order valence-corrected chi connectivity index (χ0v) is 18.3. The van der Waals surface area contributed by atoms with Crippen LogP contribution < -0.4 is 20.1 Å². The summed E-state index contributed by atoms with van der Waals surface area (Å²) in [5.41, 5.74) is 2.07. The number of ether oxygens (including phenoxy) is 2. The Bertz CT molecular complexity index is 719. The molecule has 0 aliphatic rings. The Morgan fingerprint density at radius 2 is 1.88 bits per heavy atom. The van der Waals surface area contributed by atoms with Gasteiger partial charge in [0.15, 0.2) is 17.5 Å². The maximum atomic E-state index is 5.45. The van der Waals surface area contributed by atoms with Crippen LogP contribution in [0.25, 0.3) is 0 Å². The largest absolute Gasteiger partial charge is 0.493 e. The van der Waals surface area contributed by atoms with Crippen LogP contribution in [0.5, 0.6) is 11.5 Å². The van der Waals surface area contributed by atoms with Crippen molar-refractivity contribution in [1.82, 2.24) is 15.6 Å². The van der Waals surface area contributed by atoms with Crippen molar-refractivity contribution in [2.24, 2.45) is 4.99 Å². The van der Waals surface area contributed by atoms with Crippen molar-refractivity contribution in [3.05, 3.63) is 39.3 Å². The van der Waals surface area contributed by atoms with E-state index in [1.54, 1.807) is 32.6 Å². The average molecular weight is 476 g/mol. The monoisotopic (exact) mass is 476 g/mol. The lowest BCUT2D eigenvalue weighted by atomic mass is 10.2. The quantitative estimate of drug-likeness (QED) is 0.381. The maximum Gasteiger partial charge on any atom is 0.191 e. The van der Waals surface area contributed by atoms with Gasteiger partial charge in [0.2, 0.25) is 0 Å². The first-order chi connectivity index (χ1) is 11.6. The van der Waals surface area contributed by atoms with Crippen LogP contribution in [0.3, 0.4) is 0 Å². The highest BCUT2D eigenvalue weighted by molar-refractivity contribution is 14.0. The van der Waals surface area contributed by atoms with Gasteiger partial charge in [0, 0.05) is 24.0 Å². The highest BCUT2D eigenvalue weighted by atomic mass is 127. The van der Waals surface area contributed by atoms with E-state index in [2.05, 4.69) is 20.6 Å². The summed E-state index contributed by atoms with van der Waals surface area (Å²) >= 11 is 1.70. The highest BCUT2D eigenvalue weighted by Crippen LogP contribution is 2.30. The van der Waals surface area contributed by atoms with Crippen LogP contribution in [0.1, 0.15) is 21.1 Å². The summed E-state index contributed by atoms with van der Waals surface area (Å²) in [6.07, 6.45) is 0. The Kier molecular flexibility index (Phi) is 8.98. The van der Waals surface area contributed by atoms with E-state index in [-0.39, 0.29) is 24.0 Å². The second kappa shape index (κ2) is 10.4. The van der Waals surface area contributed by atoms with E-state index in [1.165, 1.54) is 4.88 Å². The molecule has 0 fully saturated rings. The summed E-state index contributed by atoms with van der Waals surface area (Å²) in [5.74, 6) is 2.18. The summed E-state index contributed by atoms with van der Waals surface area (Å²) in [7, 11) is 5.03. The standard InChI is InChI=1S/C17H24N4O2S.HI/c1-11-15(24-12(2)21-11)10-20-17(18-3)19-9-13-7-6-8-14(22-4)16(13)23-5;/h6-8H,9-10H2,1-5H3,(H2,18,19,20);1H. The van der Waals surface area contributed by atoms with E-state index in [0.717, 1.165) is 33.7 Å². The number of para-hydroxylation sites is 1. The number of aryl methyl sites for hydroxylation is 2. The van der Waals surface area contributed by atoms with E-state index in [1.807, 2.05) is 32.0 Å². The smallest absolute Gasteiger partial charge is 0.191 e. The van der Waals surface area contributed by atoms with Gasteiger partial charge in [-0.3, -0.25) is 4.99 Å². The molecule has 0 amide bonds. The Labute approximate surface area is 170 Å². The highest BCUT2D eigenvalue weighted by Gasteiger charge is 2.10. The number of benzene rings is 1. The molecule has 2 N–H and O–H groups in total. The number of hydrogen-bond donors (Lipinski definition) is 2. The molecule has 2 rings (SSSR count). The number of halogens is 1. The molecule has 1 aromatic carbocycles. The van der Waals surface area contributed by atoms with Crippen LogP contribution in [0.4, 0.5) is 0 Å². The van der Waals surface area contributed by atoms with Crippen molar-refractivity contribution < 1.29 is 9.47 Å². The van der Waals surface area contributed by atoms with Crippen molar-refractivity contribution >= 4 is 41.3 Å². The molecule has 0 saturated heterocycles. The van der Waals surface area contributed by atoms with Crippen LogP contribution in [0.2, 0.25) is 0 Å². The van der Waals surface area contributed by atoms with E-state index in [4.69, 9.17) is 9.47 Å². The first-order valence-corrected chi connectivity index (χ1v) is 8.48. The third-order valence-electron chi connectivity index (χ3n) is 3.57. The summed E-state index contributed by atoms with van der Waals surface area (Å²) < 4.78 is 10.8. The van der Waals surface area contributed by atoms with Crippen LogP contribution in [-0.4, -0.2) is 32.2 Å². The van der Waals surface area contributed by atoms with Gasteiger partial charge in [0.1, 0.15) is 0 Å². The molecule has 0 saturated carbocycles. The molecule has 8 heteroatoms. The van der Waals surface area contributed by atoms with Crippen LogP contribution >= 0.6 is 35.3 Å². The SMILES string of the molecule is CN=C(NCc1cccc(OC)c1OC)NCc1sc(C)nc1C.I. The first kappa shape index (κ1) is 21.5. The molecular weight excluding hydrogens is 451 g/mol. The number of aliphatic imine (C=N–C) groups is 1. The number of methoxy groups -OCH3 is 2. The van der Waals surface area contributed by atoms with Gasteiger partial charge in [-0.05, 0) is 19.9 Å². The third kappa shape index (κ3) is 5.74. The van der Waals surface area contributed by atoms with Gasteiger partial charge in [-0.1, -0.05) is 12.1 Å². The minimum Gasteiger partial charge on any atom is -0.493 e. The van der Waals surface area contributed by atoms with Crippen molar-refractivity contribution in [1.29, 1.82) is 0 Å². The molecule has 2 aromatic rings. The van der Waals surface area contributed by atoms with Crippen molar-refractivity contribution in [3.63, 3.8) is 0 Å². The predicted molar refractivity (Wildman–Crippen MR) is 114 cm³/mol. The zero-order valence-electron chi connectivity index (χ0n) is 15.2. The van der Waals surface area contributed by atoms with E-state index >= 15 is 0 Å². The van der Waals surface area contributed by atoms with Gasteiger partial charge >= 0.3 is 0 Å². The maximum absolute atomic E-state index is 5.45. The van der Waals surface area contributed by atoms with Gasteiger partial charge in [0.25, 0.3) is 0 Å². The van der Waals surface area contributed by atoms with Gasteiger partial charge in [-0.2, -0.15) is 0 Å². The van der Waals surface area contributed by atoms with Crippen molar-refractivity contribution in [2.45, 2.75) is 26.9 Å². The van der Waals surface area contributed by atoms with Gasteiger partial charge in [-0.25, -0.2) is 4.98 Å². The number of guanidine groups is 1. The molecule has 1 heterocycles. The topological polar surface area (TPSA) is 67.8 Å². The van der Waals surface area contributed by atoms with Gasteiger partial charge < -0.3 is 20.1 Å². The number of thiazole rings is 1. The van der Waals surface area contributed by atoms with Gasteiger partial charge in [0.05, 0.1) is 31.5 Å². The molecule has 0 atom stereocenters. The lowest BCUT2D eigenvalue weighted by molar-refractivity contribution is 0.351. The zero-order chi connectivity index (χ0) is 17.5. The summed E-state index contributed by atoms with van der Waals surface area (Å²) in [6, 6.07) is 5.82. The predicted octanol–water partition coefficient (Wildman–Crippen LogP) is 3.26. The second-order valence-electron chi connectivity index (χ2n) is 5.17. The molecule has 25 heavy (non-hydrogen) atoms. The molecule has 0 aliphatic carbocycles. The number of nitrogens with zero attached hydrogens (tertiary/aromatic N) is 2. The molecule has 0 spiro atoms. The number of nitrogens with one attached hydrogen (secondary N) is 2. The molecule has 0 bridgehead atoms. The molecule has 0 aliphatic heterocycles. The number of hydrogen-bond acceptors (Lipinski definition) is 5. The number of rotatable bonds is 6. The Morgan fingerprint density at radius 1 is 1.16 bits per heavy atom. The fraction of sp³-hybridized carbons (Fsp3) is 0.412. The average Bonchev–Trinajstić information content (AvgIpc) is 2.92. The minimum atomic E-state index is 0. The molecule has 0 unspecified atom stereocenters. The fourth-order valence-corrected chi connectivity index (χ4v) is 3.27. The Balaban J connectivity index is 0.00000312. The second-order valence-corrected chi connectivity index (χ2v) is 6.46. The molecular formula is C17H25IN4O2S. The summed E-state index contributed by atoms with van der Waals surface area (Å²) in [5, 5.41) is 7.69. The molecule has 1 aromatic heterocycles. The van der Waals surface area contributed by atoms with Crippen molar-refractivity contribution in [2.75, 3.05) is 21.3 Å². The summed E-state index contributed by atoms with van der Waals surface area (Å²) in [6.45, 7) is 5.33. The number of aromatic nitrogens is 1. The summed E-state index contributed by atoms with van der Waals surface area (Å²) in [4.78, 5) is 9.91. The third-order valence-corrected chi connectivity index (χ3v) is 4.64. The Morgan fingerprint density at radius 3 is 2.44 bits per heavy atom. The van der Waals surface area contributed by atoms with Gasteiger partial charge in [-0.15, -0.1) is 35.3 Å². The van der Waals surface area contributed by atoms with Crippen LogP contribution in [-0.2, 0) is 13.1 Å². The lowest BCUT2D eigenvalue weighted by Crippen LogP contribution is -2.36. The molecule has 0 radical (unpaired) electrons.